The molecule has 10 heteroatoms. The second-order valence-corrected chi connectivity index (χ2v) is 31.9. The lowest BCUT2D eigenvalue weighted by Crippen LogP contribution is -2.83. The molecule has 9 saturated carbocycles. The number of nitrogens with one attached hydrogen (secondary N) is 1. The number of hydrogen-bond acceptors (Lipinski definition) is 10. The normalized spacial score (nSPS) is 47.1. The number of hydrogen-bond donors (Lipinski definition) is 6. The van der Waals surface area contributed by atoms with Crippen LogP contribution in [0.15, 0.2) is 84.4 Å². The Morgan fingerprint density at radius 3 is 2.36 bits per heavy atom. The van der Waals surface area contributed by atoms with Crippen molar-refractivity contribution < 1.29 is 44.6 Å². The summed E-state index contributed by atoms with van der Waals surface area (Å²) in [6, 6.07) is 26.0. The van der Waals surface area contributed by atoms with Crippen molar-refractivity contribution in [3.05, 3.63) is 118 Å². The molecule has 458 valence electrons. The van der Waals surface area contributed by atoms with E-state index in [1.54, 1.807) is 6.08 Å². The SMILES string of the molecule is CN[C@@H]1Cc2c(cccc2CO)C#CC2(CCCC2)C[C@]23CC[C@H]4[C@@](O)(C[C@H]5C[C@@H]6CC[C@@H]7[C@H]8O[C@H](Cc9cccc(c9)C[C@@H]9CC[C@@H](C9)[C@@H]6C)C[C@@H]6C[C@@H](CCc9ccccc9)C[C@@]68C[C@@]4(C=O)[C@]57O)[C@@]2(O)C[C@@H]2C[C@H]1[C@H]1OC(=O)C=C1[C@@]23CO. The minimum atomic E-state index is -1.88. The van der Waals surface area contributed by atoms with E-state index in [0.29, 0.717) is 68.6 Å². The van der Waals surface area contributed by atoms with Crippen LogP contribution in [0.25, 0.3) is 0 Å². The van der Waals surface area contributed by atoms with Gasteiger partial charge in [-0.15, -0.1) is 0 Å². The van der Waals surface area contributed by atoms with Crippen LogP contribution >= 0.6 is 0 Å². The van der Waals surface area contributed by atoms with E-state index in [9.17, 15) is 15.0 Å². The van der Waals surface area contributed by atoms with E-state index in [1.807, 2.05) is 19.2 Å². The monoisotopic (exact) mass is 1170 g/mol. The van der Waals surface area contributed by atoms with Gasteiger partial charge in [-0.05, 0) is 242 Å². The van der Waals surface area contributed by atoms with Gasteiger partial charge in [0.05, 0.1) is 42.0 Å². The van der Waals surface area contributed by atoms with Gasteiger partial charge in [0, 0.05) is 57.1 Å². The Morgan fingerprint density at radius 1 is 0.779 bits per heavy atom. The Labute approximate surface area is 510 Å². The predicted molar refractivity (Wildman–Crippen MR) is 328 cm³/mol. The zero-order valence-corrected chi connectivity index (χ0v) is 51.2. The molecule has 3 aromatic rings. The highest BCUT2D eigenvalue weighted by Gasteiger charge is 2.88. The van der Waals surface area contributed by atoms with Crippen LogP contribution in [0.1, 0.15) is 175 Å². The zero-order chi connectivity index (χ0) is 58.8. The van der Waals surface area contributed by atoms with Gasteiger partial charge in [0.25, 0.3) is 0 Å². The average molecular weight is 1170 g/mol. The Balaban J connectivity index is 0.894. The average Bonchev–Trinajstić information content (AvgIpc) is 1.18. The number of likely N-dealkylation sites (N-methyl/N-ethyl adjacent to an activating group) is 1. The molecule has 3 heterocycles. The van der Waals surface area contributed by atoms with Crippen LogP contribution < -0.4 is 5.32 Å². The summed E-state index contributed by atoms with van der Waals surface area (Å²) in [7, 11) is 1.95. The van der Waals surface area contributed by atoms with Crippen molar-refractivity contribution in [3.8, 4) is 11.8 Å². The molecule has 10 fully saturated rings. The van der Waals surface area contributed by atoms with Gasteiger partial charge in [-0.1, -0.05) is 98.3 Å². The van der Waals surface area contributed by atoms with Gasteiger partial charge < -0.3 is 45.1 Å². The molecule has 11 aliphatic carbocycles. The zero-order valence-electron chi connectivity index (χ0n) is 51.2. The van der Waals surface area contributed by atoms with Gasteiger partial charge in [-0.3, -0.25) is 0 Å². The Bertz CT molecular complexity index is 3270. The van der Waals surface area contributed by atoms with Crippen molar-refractivity contribution >= 4 is 12.3 Å². The summed E-state index contributed by atoms with van der Waals surface area (Å²) in [5.41, 5.74) is -2.61. The molecule has 3 aromatic carbocycles. The molecule has 14 aliphatic rings. The molecule has 12 bridgehead atoms. The molecule has 0 aromatic heterocycles. The lowest BCUT2D eigenvalue weighted by atomic mass is 9.32. The maximum absolute atomic E-state index is 15.9. The number of aryl methyl sites for hydroxylation is 1. The van der Waals surface area contributed by atoms with Gasteiger partial charge in [-0.2, -0.15) is 0 Å². The maximum Gasteiger partial charge on any atom is 0.331 e. The molecule has 3 spiro atoms. The Morgan fingerprint density at radius 2 is 1.57 bits per heavy atom. The number of carbonyl (C=O) groups is 2. The first-order chi connectivity index (χ1) is 41.6. The number of aldehydes is 1. The summed E-state index contributed by atoms with van der Waals surface area (Å²) < 4.78 is 14.5. The number of aliphatic hydroxyl groups excluding tert-OH is 2. The van der Waals surface area contributed by atoms with Crippen molar-refractivity contribution in [2.45, 2.75) is 215 Å². The van der Waals surface area contributed by atoms with Gasteiger partial charge in [0.1, 0.15) is 18.0 Å². The van der Waals surface area contributed by atoms with E-state index in [1.165, 1.54) is 42.2 Å². The van der Waals surface area contributed by atoms with Crippen LogP contribution in [0.2, 0.25) is 0 Å². The van der Waals surface area contributed by atoms with Crippen LogP contribution in [0.4, 0.5) is 0 Å². The fourth-order valence-corrected chi connectivity index (χ4v) is 25.7. The van der Waals surface area contributed by atoms with Crippen molar-refractivity contribution in [2.75, 3.05) is 13.7 Å². The van der Waals surface area contributed by atoms with Gasteiger partial charge in [-0.25, -0.2) is 4.79 Å². The van der Waals surface area contributed by atoms with Crippen LogP contribution in [-0.2, 0) is 51.4 Å². The standard InChI is InChI=1S/C76H95NO9/c1-46-53-19-18-50(30-53)29-48-12-8-13-49(28-48)32-59-34-56-31-51(17-16-47-10-4-3-5-11-47)38-70(56)43-71(44-79)65-23-27-72-42-69(24-6-7-25-69)26-22-52-14-9-15-55(41-78)60(52)36-64(77-2)61-35-57(73(72,45-80)63-37-66(81)86-67(61)63)40-75(72,83)74(65,82)39-58-33-54(46)20-21-62(68(70)85-59)76(58,71)84/h3-5,8-15,28,37,44,46,50-51,53-54,56-59,61-62,64-65,67-68,77-78,80,82-84H,6-7,16-21,23-25,27,29-36,38-43,45H2,1-2H3/t46-,50-,51+,53-,54-,56-,57-,58+,59+,61+,62+,64+,65+,67+,68+,70+,71-,72-,73+,74-,75+,76-/m0/s1. The van der Waals surface area contributed by atoms with E-state index in [2.05, 4.69) is 84.7 Å². The predicted octanol–water partition coefficient (Wildman–Crippen LogP) is 10.8. The third-order valence-corrected chi connectivity index (χ3v) is 29.0. The van der Waals surface area contributed by atoms with Crippen LogP contribution in [-0.4, -0.2) is 92.6 Å². The fourth-order valence-electron chi connectivity index (χ4n) is 25.7. The molecule has 17 rings (SSSR count). The molecule has 0 amide bonds. The summed E-state index contributed by atoms with van der Waals surface area (Å²) in [4.78, 5) is 30.3. The van der Waals surface area contributed by atoms with Crippen molar-refractivity contribution in [1.29, 1.82) is 0 Å². The molecule has 1 saturated heterocycles. The van der Waals surface area contributed by atoms with E-state index in [4.69, 9.17) is 9.47 Å². The number of rotatable bonds is 7. The molecule has 6 N–H and O–H groups in total. The van der Waals surface area contributed by atoms with Crippen molar-refractivity contribution in [1.82, 2.24) is 5.32 Å². The fraction of sp³-hybridized carbons (Fsp3) is 0.684. The largest absolute Gasteiger partial charge is 0.454 e. The lowest BCUT2D eigenvalue weighted by Gasteiger charge is -2.75. The lowest BCUT2D eigenvalue weighted by molar-refractivity contribution is -0.370. The van der Waals surface area contributed by atoms with Crippen LogP contribution in [0, 0.1) is 104 Å². The highest BCUT2D eigenvalue weighted by atomic mass is 16.5. The number of esters is 1. The first-order valence-electron chi connectivity index (χ1n) is 34.5. The third kappa shape index (κ3) is 7.76. The topological polar surface area (TPSA) is 166 Å². The van der Waals surface area contributed by atoms with Crippen LogP contribution in [0.5, 0.6) is 0 Å². The number of fused-ring (bicyclic) bond motifs is 11. The van der Waals surface area contributed by atoms with Crippen LogP contribution in [0.3, 0.4) is 0 Å². The molecule has 0 unspecified atom stereocenters. The molecule has 3 aliphatic heterocycles. The second-order valence-electron chi connectivity index (χ2n) is 31.9. The Hall–Kier alpha value is -4.18. The Kier molecular flexibility index (Phi) is 13.5. The van der Waals surface area contributed by atoms with E-state index < -0.39 is 67.8 Å². The van der Waals surface area contributed by atoms with Crippen molar-refractivity contribution in [3.63, 3.8) is 0 Å². The second kappa shape index (κ2) is 20.4. The summed E-state index contributed by atoms with van der Waals surface area (Å²) >= 11 is 0. The number of ether oxygens (including phenoxy) is 2. The quantitative estimate of drug-likeness (QED) is 0.0762. The van der Waals surface area contributed by atoms with Crippen molar-refractivity contribution in [2.24, 2.45) is 92.2 Å². The third-order valence-electron chi connectivity index (χ3n) is 29.0. The molecule has 86 heavy (non-hydrogen) atoms. The minimum absolute atomic E-state index is 0.0331. The number of benzene rings is 3. The molecule has 10 nitrogen and oxygen atoms in total. The summed E-state index contributed by atoms with van der Waals surface area (Å²) in [6.07, 6.45) is 21.0. The molecular formula is C76H95NO9. The molecule has 22 atom stereocenters. The van der Waals surface area contributed by atoms with E-state index >= 15 is 20.1 Å². The molecular weight excluding hydrogens is 1070 g/mol. The van der Waals surface area contributed by atoms with E-state index in [0.717, 1.165) is 106 Å². The first-order valence-corrected chi connectivity index (χ1v) is 34.5. The maximum atomic E-state index is 15.9. The van der Waals surface area contributed by atoms with Gasteiger partial charge >= 0.3 is 5.97 Å². The highest BCUT2D eigenvalue weighted by Crippen LogP contribution is 2.84. The minimum Gasteiger partial charge on any atom is -0.454 e. The first kappa shape index (κ1) is 57.0. The van der Waals surface area contributed by atoms with E-state index in [-0.39, 0.29) is 73.9 Å². The summed E-state index contributed by atoms with van der Waals surface area (Å²) in [6.45, 7) is 2.03. The van der Waals surface area contributed by atoms with Gasteiger partial charge in [0.2, 0.25) is 0 Å². The molecule has 0 radical (unpaired) electrons. The number of carbonyl (C=O) groups excluding carboxylic acids is 2. The number of aliphatic hydroxyl groups is 5. The summed E-state index contributed by atoms with van der Waals surface area (Å²) in [5, 5.41) is 73.8. The van der Waals surface area contributed by atoms with Gasteiger partial charge in [0.15, 0.2) is 0 Å². The smallest absolute Gasteiger partial charge is 0.331 e. The highest BCUT2D eigenvalue weighted by molar-refractivity contribution is 5.87. The summed E-state index contributed by atoms with van der Waals surface area (Å²) in [5.74, 6) is 7.33.